The van der Waals surface area contributed by atoms with Gasteiger partial charge >= 0.3 is 0 Å². The van der Waals surface area contributed by atoms with Crippen LogP contribution >= 0.6 is 11.3 Å². The van der Waals surface area contributed by atoms with E-state index in [1.54, 1.807) is 23.6 Å². The third kappa shape index (κ3) is 2.97. The molecular formula is C21H19N3O3S. The van der Waals surface area contributed by atoms with E-state index in [4.69, 9.17) is 12.2 Å². The molecule has 0 radical (unpaired) electrons. The van der Waals surface area contributed by atoms with Crippen molar-refractivity contribution in [2.75, 3.05) is 18.6 Å². The molecule has 7 heteroatoms. The highest BCUT2D eigenvalue weighted by Crippen LogP contribution is 2.36. The van der Waals surface area contributed by atoms with Gasteiger partial charge in [-0.2, -0.15) is 0 Å². The molecule has 142 valence electrons. The van der Waals surface area contributed by atoms with Crippen molar-refractivity contribution in [3.8, 4) is 11.5 Å². The lowest BCUT2D eigenvalue weighted by Gasteiger charge is -2.34. The first-order valence-corrected chi connectivity index (χ1v) is 9.91. The summed E-state index contributed by atoms with van der Waals surface area (Å²) in [5, 5.41) is 5.47. The molecule has 2 aromatic carbocycles. The number of thiazole rings is 1. The average molecular weight is 395 g/mol. The molecule has 1 amide bonds. The number of rotatable bonds is 3. The van der Waals surface area contributed by atoms with Gasteiger partial charge in [0.15, 0.2) is 16.6 Å². The topological polar surface area (TPSA) is 63.7 Å². The Kier molecular flexibility index (Phi) is 3.64. The Morgan fingerprint density at radius 1 is 1.29 bits per heavy atom. The van der Waals surface area contributed by atoms with Gasteiger partial charge in [-0.25, -0.2) is 4.98 Å². The summed E-state index contributed by atoms with van der Waals surface area (Å²) in [4.78, 5) is 19.4. The third-order valence-corrected chi connectivity index (χ3v) is 5.83. The first-order chi connectivity index (χ1) is 14.4. The Bertz CT molecular complexity index is 1130. The molecule has 28 heavy (non-hydrogen) atoms. The van der Waals surface area contributed by atoms with Gasteiger partial charge in [0.1, 0.15) is 8.44 Å². The van der Waals surface area contributed by atoms with Crippen LogP contribution < -0.4 is 14.8 Å². The predicted octanol–water partition coefficient (Wildman–Crippen LogP) is 4.37. The molecule has 2 aliphatic heterocycles. The van der Waals surface area contributed by atoms with Crippen LogP contribution in [0, 0.1) is 0 Å². The molecule has 3 aromatic rings. The van der Waals surface area contributed by atoms with Gasteiger partial charge in [0.25, 0.3) is 5.91 Å². The molecule has 5 rings (SSSR count). The molecule has 6 nitrogen and oxygen atoms in total. The number of hydrogen-bond donors (Lipinski definition) is 1. The number of fused-ring (bicyclic) bond motifs is 2. The van der Waals surface area contributed by atoms with Crippen LogP contribution in [0.3, 0.4) is 0 Å². The van der Waals surface area contributed by atoms with Crippen LogP contribution in [0.5, 0.6) is 11.5 Å². The van der Waals surface area contributed by atoms with Crippen molar-refractivity contribution in [1.82, 2.24) is 9.88 Å². The highest BCUT2D eigenvalue weighted by molar-refractivity contribution is 7.14. The Hall–Kier alpha value is -3.06. The molecule has 1 N–H and O–H groups in total. The van der Waals surface area contributed by atoms with Crippen molar-refractivity contribution in [2.24, 2.45) is 0 Å². The van der Waals surface area contributed by atoms with Crippen LogP contribution in [0.2, 0.25) is 0 Å². The Morgan fingerprint density at radius 2 is 2.14 bits per heavy atom. The maximum Gasteiger partial charge on any atom is 0.273 e. The van der Waals surface area contributed by atoms with Crippen LogP contribution in [-0.4, -0.2) is 29.1 Å². The molecule has 1 aromatic heterocycles. The summed E-state index contributed by atoms with van der Waals surface area (Å²) in [7, 11) is 0. The average Bonchev–Trinajstić information content (AvgIpc) is 3.30. The second-order valence-electron chi connectivity index (χ2n) is 6.74. The second kappa shape index (κ2) is 6.83. The number of nitrogens with one attached hydrogen (secondary N) is 1. The zero-order valence-electron chi connectivity index (χ0n) is 17.1. The van der Waals surface area contributed by atoms with E-state index in [-0.39, 0.29) is 11.9 Å². The fourth-order valence-electron chi connectivity index (χ4n) is 3.61. The molecule has 0 fully saturated rings. The van der Waals surface area contributed by atoms with Gasteiger partial charge in [0, 0.05) is 23.7 Å². The minimum atomic E-state index is -2.16. The number of nitrogens with zero attached hydrogens (tertiary/aromatic N) is 2. The van der Waals surface area contributed by atoms with Crippen LogP contribution in [0.15, 0.2) is 47.8 Å². The lowest BCUT2D eigenvalue weighted by atomic mass is 9.93. The van der Waals surface area contributed by atoms with E-state index in [1.165, 1.54) is 22.5 Å². The van der Waals surface area contributed by atoms with Gasteiger partial charge in [-0.15, -0.1) is 11.3 Å². The largest absolute Gasteiger partial charge is 0.454 e. The monoisotopic (exact) mass is 395 g/mol. The fourth-order valence-corrected chi connectivity index (χ4v) is 4.31. The third-order valence-electron chi connectivity index (χ3n) is 5.08. The normalized spacial score (nSPS) is 20.2. The molecule has 1 atom stereocenters. The van der Waals surface area contributed by atoms with Gasteiger partial charge in [0.2, 0.25) is 6.75 Å². The summed E-state index contributed by atoms with van der Waals surface area (Å²) in [6.07, 6.45) is 0.839. The van der Waals surface area contributed by atoms with Crippen molar-refractivity contribution in [3.05, 3.63) is 64.7 Å². The van der Waals surface area contributed by atoms with Gasteiger partial charge in [-0.05, 0) is 36.6 Å². The number of anilines is 2. The highest BCUT2D eigenvalue weighted by atomic mass is 32.1. The smallest absolute Gasteiger partial charge is 0.273 e. The fraction of sp³-hybridized carbons (Fsp3) is 0.238. The molecule has 2 aliphatic rings. The Morgan fingerprint density at radius 3 is 3.07 bits per heavy atom. The maximum atomic E-state index is 13.1. The van der Waals surface area contributed by atoms with Crippen molar-refractivity contribution in [1.29, 1.82) is 0 Å². The zero-order chi connectivity index (χ0) is 20.9. The van der Waals surface area contributed by atoms with Gasteiger partial charge in [-0.3, -0.25) is 4.79 Å². The molecule has 0 spiro atoms. The van der Waals surface area contributed by atoms with E-state index >= 15 is 0 Å². The number of ether oxygens (including phenoxy) is 2. The summed E-state index contributed by atoms with van der Waals surface area (Å²) < 4.78 is 25.2. The first kappa shape index (κ1) is 14.9. The second-order valence-corrected chi connectivity index (χ2v) is 7.59. The van der Waals surface area contributed by atoms with Crippen molar-refractivity contribution >= 4 is 28.1 Å². The molecule has 0 saturated carbocycles. The lowest BCUT2D eigenvalue weighted by molar-refractivity contribution is 0.0672. The van der Waals surface area contributed by atoms with Crippen LogP contribution in [0.25, 0.3) is 0 Å². The van der Waals surface area contributed by atoms with Gasteiger partial charge in [-0.1, -0.05) is 24.3 Å². The van der Waals surface area contributed by atoms with Crippen molar-refractivity contribution in [3.63, 3.8) is 0 Å². The van der Waals surface area contributed by atoms with E-state index < -0.39 is 6.75 Å². The summed E-state index contributed by atoms with van der Waals surface area (Å²) in [5.41, 5.74) is 3.56. The van der Waals surface area contributed by atoms with E-state index in [2.05, 4.69) is 22.4 Å². The molecule has 0 aliphatic carbocycles. The van der Waals surface area contributed by atoms with Gasteiger partial charge in [0.05, 0.1) is 6.04 Å². The van der Waals surface area contributed by atoms with Crippen molar-refractivity contribution < 1.29 is 17.0 Å². The number of carbonyl (C=O) groups is 1. The molecule has 3 heterocycles. The highest BCUT2D eigenvalue weighted by Gasteiger charge is 2.29. The van der Waals surface area contributed by atoms with Crippen LogP contribution in [0.4, 0.5) is 10.8 Å². The van der Waals surface area contributed by atoms with E-state index in [9.17, 15) is 4.79 Å². The van der Waals surface area contributed by atoms with E-state index in [0.29, 0.717) is 34.6 Å². The van der Waals surface area contributed by atoms with Crippen molar-refractivity contribution in [2.45, 2.75) is 19.4 Å². The summed E-state index contributed by atoms with van der Waals surface area (Å²) in [6, 6.07) is 13.3. The van der Waals surface area contributed by atoms with Crippen LogP contribution in [0.1, 0.15) is 37.3 Å². The molecular weight excluding hydrogens is 374 g/mol. The zero-order valence-corrected chi connectivity index (χ0v) is 16.0. The number of aromatic nitrogens is 1. The maximum absolute atomic E-state index is 13.1. The Balaban J connectivity index is 1.31. The molecule has 0 bridgehead atoms. The van der Waals surface area contributed by atoms with E-state index in [0.717, 1.165) is 6.42 Å². The number of hydrogen-bond acceptors (Lipinski definition) is 6. The summed E-state index contributed by atoms with van der Waals surface area (Å²) in [6.45, 7) is 0.555. The molecule has 0 saturated heterocycles. The summed E-state index contributed by atoms with van der Waals surface area (Å²) in [5.74, 6) is 0.582. The molecule has 1 unspecified atom stereocenters. The first-order valence-electron chi connectivity index (χ1n) is 10.0. The minimum absolute atomic E-state index is 0.00410. The minimum Gasteiger partial charge on any atom is -0.454 e. The summed E-state index contributed by atoms with van der Waals surface area (Å²) >= 11 is 1.34. The SMILES string of the molecule is [2H]C1([2H])Oc2ccc(Nc3nc(C(=O)N4CCc5ccccc5C4C)cs3)cc2O1. The van der Waals surface area contributed by atoms with Crippen LogP contribution in [-0.2, 0) is 6.42 Å². The van der Waals surface area contributed by atoms with Gasteiger partial charge < -0.3 is 19.7 Å². The predicted molar refractivity (Wildman–Crippen MR) is 108 cm³/mol. The Labute approximate surface area is 169 Å². The standard InChI is InChI=1S/C21H19N3O3S/c1-13-16-5-3-2-4-14(16)8-9-24(13)20(25)17-11-28-21(23-17)22-15-6-7-18-19(10-15)27-12-26-18/h2-7,10-11,13H,8-9,12H2,1H3,(H,22,23)/i12D2. The number of amides is 1. The lowest BCUT2D eigenvalue weighted by Crippen LogP contribution is -2.39. The number of carbonyl (C=O) groups excluding carboxylic acids is 1. The number of benzene rings is 2. The quantitative estimate of drug-likeness (QED) is 0.713. The van der Waals surface area contributed by atoms with E-state index in [1.807, 2.05) is 24.0 Å².